The van der Waals surface area contributed by atoms with Crippen molar-refractivity contribution in [2.45, 2.75) is 110 Å². The average Bonchev–Trinajstić information content (AvgIpc) is 2.82. The molecule has 0 saturated heterocycles. The van der Waals surface area contributed by atoms with Crippen LogP contribution in [-0.4, -0.2) is 61.4 Å². The van der Waals surface area contributed by atoms with E-state index >= 15 is 0 Å². The molecule has 2 fully saturated rings. The van der Waals surface area contributed by atoms with Gasteiger partial charge in [-0.15, -0.1) is 0 Å². The number of likely N-dealkylation sites (N-methyl/N-ethyl adjacent to an activating group) is 3. The topological polar surface area (TPSA) is 90.5 Å². The first-order valence-corrected chi connectivity index (χ1v) is 13.3. The number of hydrogen-bond donors (Lipinski definition) is 3. The van der Waals surface area contributed by atoms with E-state index in [4.69, 9.17) is 0 Å². The first-order valence-electron chi connectivity index (χ1n) is 13.3. The Labute approximate surface area is 201 Å². The van der Waals surface area contributed by atoms with Crippen molar-refractivity contribution < 1.29 is 14.4 Å². The maximum Gasteiger partial charge on any atom is 0.245 e. The second-order valence-electron chi connectivity index (χ2n) is 10.5. The van der Waals surface area contributed by atoms with E-state index in [-0.39, 0.29) is 35.6 Å². The Bertz CT molecular complexity index is 627. The smallest absolute Gasteiger partial charge is 0.245 e. The number of rotatable bonds is 11. The summed E-state index contributed by atoms with van der Waals surface area (Å²) in [5.41, 5.74) is 0. The summed E-state index contributed by atoms with van der Waals surface area (Å²) in [6.07, 6.45) is 11.5. The molecule has 3 atom stereocenters. The maximum absolute atomic E-state index is 13.8. The Morgan fingerprint density at radius 3 is 1.82 bits per heavy atom. The molecule has 0 aromatic carbocycles. The fraction of sp³-hybridized carbons (Fsp3) is 0.885. The van der Waals surface area contributed by atoms with Crippen LogP contribution in [0.4, 0.5) is 0 Å². The monoisotopic (exact) mass is 464 g/mol. The van der Waals surface area contributed by atoms with Gasteiger partial charge in [-0.3, -0.25) is 14.4 Å². The first-order chi connectivity index (χ1) is 15.8. The van der Waals surface area contributed by atoms with Crippen molar-refractivity contribution in [2.24, 2.45) is 17.8 Å². The highest BCUT2D eigenvalue weighted by Gasteiger charge is 2.39. The van der Waals surface area contributed by atoms with E-state index < -0.39 is 12.1 Å². The van der Waals surface area contributed by atoms with E-state index in [9.17, 15) is 14.4 Å². The van der Waals surface area contributed by atoms with E-state index in [1.54, 1.807) is 11.9 Å². The molecular weight excluding hydrogens is 416 g/mol. The van der Waals surface area contributed by atoms with Crippen molar-refractivity contribution in [1.82, 2.24) is 20.9 Å². The molecule has 7 nitrogen and oxygen atoms in total. The Morgan fingerprint density at radius 1 is 0.848 bits per heavy atom. The summed E-state index contributed by atoms with van der Waals surface area (Å²) < 4.78 is 0. The van der Waals surface area contributed by atoms with Gasteiger partial charge >= 0.3 is 0 Å². The summed E-state index contributed by atoms with van der Waals surface area (Å²) >= 11 is 0. The van der Waals surface area contributed by atoms with Gasteiger partial charge in [0, 0.05) is 13.6 Å². The van der Waals surface area contributed by atoms with Gasteiger partial charge < -0.3 is 20.9 Å². The fourth-order valence-corrected chi connectivity index (χ4v) is 5.69. The second-order valence-corrected chi connectivity index (χ2v) is 10.5. The second kappa shape index (κ2) is 13.9. The van der Waals surface area contributed by atoms with Crippen molar-refractivity contribution in [3.8, 4) is 0 Å². The number of carbonyl (C=O) groups excluding carboxylic acids is 3. The molecule has 0 radical (unpaired) electrons. The number of amides is 3. The molecule has 3 N–H and O–H groups in total. The third-order valence-electron chi connectivity index (χ3n) is 7.56. The molecule has 0 aliphatic heterocycles. The predicted molar refractivity (Wildman–Crippen MR) is 133 cm³/mol. The third-order valence-corrected chi connectivity index (χ3v) is 7.56. The molecule has 2 rings (SSSR count). The highest BCUT2D eigenvalue weighted by molar-refractivity contribution is 5.93. The van der Waals surface area contributed by atoms with Gasteiger partial charge in [0.15, 0.2) is 0 Å². The van der Waals surface area contributed by atoms with Crippen molar-refractivity contribution in [1.29, 1.82) is 0 Å². The Hall–Kier alpha value is -1.63. The van der Waals surface area contributed by atoms with Gasteiger partial charge in [0.1, 0.15) is 12.1 Å². The van der Waals surface area contributed by atoms with E-state index in [1.165, 1.54) is 12.8 Å². The zero-order valence-corrected chi connectivity index (χ0v) is 21.6. The largest absolute Gasteiger partial charge is 0.355 e. The summed E-state index contributed by atoms with van der Waals surface area (Å²) in [5, 5.41) is 9.29. The number of hydrogen-bond acceptors (Lipinski definition) is 4. The van der Waals surface area contributed by atoms with Crippen molar-refractivity contribution in [2.75, 3.05) is 20.6 Å². The average molecular weight is 465 g/mol. The summed E-state index contributed by atoms with van der Waals surface area (Å²) in [6, 6.07) is -1.38. The van der Waals surface area contributed by atoms with Crippen LogP contribution in [0.15, 0.2) is 0 Å². The molecule has 2 aliphatic rings. The van der Waals surface area contributed by atoms with Crippen LogP contribution < -0.4 is 16.0 Å². The Balaban J connectivity index is 2.22. The van der Waals surface area contributed by atoms with Gasteiger partial charge in [0.25, 0.3) is 0 Å². The van der Waals surface area contributed by atoms with Gasteiger partial charge in [-0.25, -0.2) is 0 Å². The molecule has 7 heteroatoms. The maximum atomic E-state index is 13.8. The predicted octanol–water partition coefficient (Wildman–Crippen LogP) is 3.23. The minimum Gasteiger partial charge on any atom is -0.355 e. The third kappa shape index (κ3) is 7.97. The van der Waals surface area contributed by atoms with E-state index in [0.717, 1.165) is 51.4 Å². The number of nitrogens with zero attached hydrogens (tertiary/aromatic N) is 1. The van der Waals surface area contributed by atoms with Crippen LogP contribution >= 0.6 is 0 Å². The summed E-state index contributed by atoms with van der Waals surface area (Å²) in [4.78, 5) is 41.6. The minimum absolute atomic E-state index is 0.0693. The van der Waals surface area contributed by atoms with Crippen LogP contribution in [0, 0.1) is 17.8 Å². The Kier molecular flexibility index (Phi) is 11.7. The standard InChI is InChI=1S/C26H48N4O3/c1-6-28-24(31)21(17-18(2)3)30(5)26(33)23(20-15-11-8-12-16-20)29-25(32)22(27-4)19-13-9-7-10-14-19/h18-23,27H,6-17H2,1-5H3,(H,28,31)(H,29,32)/t21-,22-,23-/m1/s1. The molecule has 2 saturated carbocycles. The van der Waals surface area contributed by atoms with E-state index in [2.05, 4.69) is 29.8 Å². The molecule has 0 heterocycles. The van der Waals surface area contributed by atoms with Crippen LogP contribution in [0.25, 0.3) is 0 Å². The molecule has 190 valence electrons. The lowest BCUT2D eigenvalue weighted by Gasteiger charge is -2.37. The molecule has 0 unspecified atom stereocenters. The van der Waals surface area contributed by atoms with Gasteiger partial charge in [0.05, 0.1) is 6.04 Å². The summed E-state index contributed by atoms with van der Waals surface area (Å²) in [6.45, 7) is 6.54. The van der Waals surface area contributed by atoms with Crippen LogP contribution in [0.1, 0.15) is 91.4 Å². The van der Waals surface area contributed by atoms with E-state index in [0.29, 0.717) is 18.9 Å². The number of nitrogens with one attached hydrogen (secondary N) is 3. The molecule has 2 aliphatic carbocycles. The quantitative estimate of drug-likeness (QED) is 0.438. The number of carbonyl (C=O) groups is 3. The van der Waals surface area contributed by atoms with Gasteiger partial charge in [-0.05, 0) is 63.8 Å². The van der Waals surface area contributed by atoms with E-state index in [1.807, 2.05) is 14.0 Å². The molecule has 0 spiro atoms. The highest BCUT2D eigenvalue weighted by Crippen LogP contribution is 2.30. The van der Waals surface area contributed by atoms with Gasteiger partial charge in [-0.2, -0.15) is 0 Å². The summed E-state index contributed by atoms with van der Waals surface area (Å²) in [5.74, 6) is 0.385. The summed E-state index contributed by atoms with van der Waals surface area (Å²) in [7, 11) is 3.57. The van der Waals surface area contributed by atoms with Crippen LogP contribution in [0.3, 0.4) is 0 Å². The van der Waals surface area contributed by atoms with Crippen molar-refractivity contribution >= 4 is 17.7 Å². The molecule has 0 bridgehead atoms. The van der Waals surface area contributed by atoms with Crippen LogP contribution in [0.5, 0.6) is 0 Å². The molecule has 33 heavy (non-hydrogen) atoms. The SMILES string of the molecule is CCNC(=O)[C@@H](CC(C)C)N(C)C(=O)[C@H](NC(=O)[C@H](NC)C1CCCCC1)C1CCCCC1. The molecule has 3 amide bonds. The van der Waals surface area contributed by atoms with Gasteiger partial charge in [0.2, 0.25) is 17.7 Å². The zero-order valence-electron chi connectivity index (χ0n) is 21.6. The Morgan fingerprint density at radius 2 is 1.36 bits per heavy atom. The molecular formula is C26H48N4O3. The van der Waals surface area contributed by atoms with Crippen molar-refractivity contribution in [3.63, 3.8) is 0 Å². The normalized spacial score (nSPS) is 20.7. The first kappa shape index (κ1) is 27.6. The molecule has 0 aromatic heterocycles. The fourth-order valence-electron chi connectivity index (χ4n) is 5.69. The highest BCUT2D eigenvalue weighted by atomic mass is 16.2. The zero-order chi connectivity index (χ0) is 24.4. The van der Waals surface area contributed by atoms with Crippen LogP contribution in [-0.2, 0) is 14.4 Å². The van der Waals surface area contributed by atoms with Crippen LogP contribution in [0.2, 0.25) is 0 Å². The lowest BCUT2D eigenvalue weighted by Crippen LogP contribution is -2.59. The minimum atomic E-state index is -0.577. The lowest BCUT2D eigenvalue weighted by molar-refractivity contribution is -0.144. The van der Waals surface area contributed by atoms with Crippen molar-refractivity contribution in [3.05, 3.63) is 0 Å². The lowest BCUT2D eigenvalue weighted by atomic mass is 9.81. The van der Waals surface area contributed by atoms with Gasteiger partial charge in [-0.1, -0.05) is 52.4 Å². The molecule has 0 aromatic rings.